The first-order valence-electron chi connectivity index (χ1n) is 14.3. The molecule has 0 spiro atoms. The highest BCUT2D eigenvalue weighted by Crippen LogP contribution is 2.59. The highest BCUT2D eigenvalue weighted by molar-refractivity contribution is 6.07. The zero-order valence-electron chi connectivity index (χ0n) is 25.2. The van der Waals surface area contributed by atoms with E-state index in [-0.39, 0.29) is 41.7 Å². The number of carbonyl (C=O) groups excluding carboxylic acids is 3. The number of ether oxygens (including phenoxy) is 1. The lowest BCUT2D eigenvalue weighted by molar-refractivity contribution is -0.141. The van der Waals surface area contributed by atoms with Crippen molar-refractivity contribution in [3.8, 4) is 11.1 Å². The van der Waals surface area contributed by atoms with E-state index >= 15 is 0 Å². The second kappa shape index (κ2) is 10.3. The van der Waals surface area contributed by atoms with Gasteiger partial charge in [0, 0.05) is 42.9 Å². The van der Waals surface area contributed by atoms with Gasteiger partial charge in [-0.3, -0.25) is 19.1 Å². The molecule has 218 valence electrons. The van der Waals surface area contributed by atoms with Gasteiger partial charge in [-0.05, 0) is 83.1 Å². The van der Waals surface area contributed by atoms with E-state index in [4.69, 9.17) is 4.74 Å². The lowest BCUT2D eigenvalue weighted by Crippen LogP contribution is -2.51. The largest absolute Gasteiger partial charge is 0.371 e. The van der Waals surface area contributed by atoms with E-state index in [0.717, 1.165) is 28.6 Å². The Morgan fingerprint density at radius 2 is 1.80 bits per heavy atom. The van der Waals surface area contributed by atoms with E-state index in [1.165, 1.54) is 6.92 Å². The van der Waals surface area contributed by atoms with Crippen LogP contribution in [-0.2, 0) is 20.9 Å². The smallest absolute Gasteiger partial charge is 0.245 e. The number of amides is 2. The fraction of sp³-hybridized carbons (Fsp3) is 0.548. The fourth-order valence-electron chi connectivity index (χ4n) is 6.28. The predicted molar refractivity (Wildman–Crippen MR) is 155 cm³/mol. The molecule has 3 heterocycles. The standard InChI is InChI=1S/C31H40N6O4/c1-17(2)41-30(6,7)16-34-29(40)24-11-31(8)12-25(31)37(24)26(39)15-36-28-18(3)9-21(22-13-32-20(5)33-14-22)10-23(28)27(35-36)19(4)38/h9-10,13-14,17,24-25H,11-12,15-16H2,1-8H3,(H,34,40)/t24-,25+,31-/m0/s1. The van der Waals surface area contributed by atoms with Gasteiger partial charge in [0.25, 0.3) is 0 Å². The van der Waals surface area contributed by atoms with Gasteiger partial charge in [-0.15, -0.1) is 0 Å². The normalized spacial score (nSPS) is 21.8. The summed E-state index contributed by atoms with van der Waals surface area (Å²) in [7, 11) is 0. The molecule has 1 aromatic carbocycles. The van der Waals surface area contributed by atoms with E-state index < -0.39 is 11.6 Å². The molecule has 0 radical (unpaired) electrons. The zero-order chi connectivity index (χ0) is 29.9. The highest BCUT2D eigenvalue weighted by Gasteiger charge is 2.64. The third-order valence-electron chi connectivity index (χ3n) is 8.24. The second-order valence-electron chi connectivity index (χ2n) is 12.8. The van der Waals surface area contributed by atoms with E-state index in [2.05, 4.69) is 27.3 Å². The van der Waals surface area contributed by atoms with E-state index in [1.807, 2.05) is 53.7 Å². The van der Waals surface area contributed by atoms with Gasteiger partial charge in [0.05, 0.1) is 17.2 Å². The molecule has 3 aromatic rings. The van der Waals surface area contributed by atoms with Crippen LogP contribution in [0.4, 0.5) is 0 Å². The lowest BCUT2D eigenvalue weighted by atomic mass is 10.0. The van der Waals surface area contributed by atoms with Crippen molar-refractivity contribution in [3.05, 3.63) is 41.6 Å². The summed E-state index contributed by atoms with van der Waals surface area (Å²) in [5.74, 6) is 0.153. The average molecular weight is 561 g/mol. The molecule has 10 heteroatoms. The number of fused-ring (bicyclic) bond motifs is 2. The summed E-state index contributed by atoms with van der Waals surface area (Å²) in [6, 6.07) is 3.37. The number of hydrogen-bond donors (Lipinski definition) is 1. The molecule has 5 rings (SSSR count). The van der Waals surface area contributed by atoms with Crippen molar-refractivity contribution in [1.82, 2.24) is 30.0 Å². The molecule has 2 aliphatic rings. The number of benzene rings is 1. The minimum Gasteiger partial charge on any atom is -0.371 e. The first-order chi connectivity index (χ1) is 19.2. The number of ketones is 1. The Morgan fingerprint density at radius 3 is 2.44 bits per heavy atom. The Labute approximate surface area is 240 Å². The molecule has 2 aromatic heterocycles. The number of aryl methyl sites for hydroxylation is 2. The van der Waals surface area contributed by atoms with E-state index in [9.17, 15) is 14.4 Å². The minimum absolute atomic E-state index is 0.0222. The van der Waals surface area contributed by atoms with Crippen LogP contribution in [0, 0.1) is 19.3 Å². The first-order valence-corrected chi connectivity index (χ1v) is 14.3. The SMILES string of the molecule is CC(=O)c1nn(CC(=O)N2[C@H](C(=O)NCC(C)(C)OC(C)C)C[C@@]3(C)C[C@@H]23)c2c(C)cc(-c3cnc(C)nc3)cc12. The summed E-state index contributed by atoms with van der Waals surface area (Å²) < 4.78 is 7.54. The number of likely N-dealkylation sites (tertiary alicyclic amines) is 1. The van der Waals surface area contributed by atoms with E-state index in [1.54, 1.807) is 22.0 Å². The second-order valence-corrected chi connectivity index (χ2v) is 12.8. The molecule has 2 amide bonds. The molecule has 41 heavy (non-hydrogen) atoms. The van der Waals surface area contributed by atoms with E-state index in [0.29, 0.717) is 29.9 Å². The van der Waals surface area contributed by atoms with Crippen LogP contribution in [0.2, 0.25) is 0 Å². The van der Waals surface area contributed by atoms with Crippen molar-refractivity contribution in [3.63, 3.8) is 0 Å². The van der Waals surface area contributed by atoms with Crippen molar-refractivity contribution in [2.75, 3.05) is 6.54 Å². The number of piperidine rings is 1. The summed E-state index contributed by atoms with van der Waals surface area (Å²) in [6.07, 6.45) is 5.05. The average Bonchev–Trinajstić information content (AvgIpc) is 3.23. The van der Waals surface area contributed by atoms with Gasteiger partial charge in [0.15, 0.2) is 5.78 Å². The number of nitrogens with zero attached hydrogens (tertiary/aromatic N) is 5. The summed E-state index contributed by atoms with van der Waals surface area (Å²) in [5.41, 5.74) is 3.04. The first kappa shape index (κ1) is 28.9. The summed E-state index contributed by atoms with van der Waals surface area (Å²) in [4.78, 5) is 50.2. The molecule has 1 saturated carbocycles. The number of hydrogen-bond acceptors (Lipinski definition) is 7. The Kier molecular flexibility index (Phi) is 7.26. The van der Waals surface area contributed by atoms with Crippen molar-refractivity contribution in [1.29, 1.82) is 0 Å². The highest BCUT2D eigenvalue weighted by atomic mass is 16.5. The van der Waals surface area contributed by atoms with Gasteiger partial charge < -0.3 is 15.0 Å². The molecule has 0 bridgehead atoms. The monoisotopic (exact) mass is 560 g/mol. The van der Waals surface area contributed by atoms with Crippen LogP contribution in [0.1, 0.15) is 76.3 Å². The molecule has 1 aliphatic carbocycles. The third-order valence-corrected chi connectivity index (χ3v) is 8.24. The summed E-state index contributed by atoms with van der Waals surface area (Å²) in [5, 5.41) is 8.31. The quantitative estimate of drug-likeness (QED) is 0.393. The van der Waals surface area contributed by atoms with Crippen molar-refractivity contribution in [2.45, 2.75) is 98.6 Å². The molecular weight excluding hydrogens is 520 g/mol. The van der Waals surface area contributed by atoms with Crippen molar-refractivity contribution < 1.29 is 19.1 Å². The number of aromatic nitrogens is 4. The Balaban J connectivity index is 1.42. The van der Waals surface area contributed by atoms with Gasteiger partial charge in [-0.25, -0.2) is 9.97 Å². The van der Waals surface area contributed by atoms with Crippen LogP contribution >= 0.6 is 0 Å². The van der Waals surface area contributed by atoms with Crippen LogP contribution in [0.5, 0.6) is 0 Å². The van der Waals surface area contributed by atoms with Crippen LogP contribution in [-0.4, -0.2) is 72.6 Å². The van der Waals surface area contributed by atoms with Gasteiger partial charge >= 0.3 is 0 Å². The molecule has 1 aliphatic heterocycles. The Bertz CT molecular complexity index is 1530. The van der Waals surface area contributed by atoms with Gasteiger partial charge in [0.1, 0.15) is 24.1 Å². The lowest BCUT2D eigenvalue weighted by Gasteiger charge is -2.31. The fourth-order valence-corrected chi connectivity index (χ4v) is 6.28. The maximum atomic E-state index is 13.9. The molecule has 10 nitrogen and oxygen atoms in total. The van der Waals surface area contributed by atoms with Crippen LogP contribution in [0.15, 0.2) is 24.5 Å². The topological polar surface area (TPSA) is 119 Å². The third kappa shape index (κ3) is 5.62. The minimum atomic E-state index is -0.551. The maximum Gasteiger partial charge on any atom is 0.245 e. The molecule has 3 atom stereocenters. The number of carbonyl (C=O) groups is 3. The molecule has 1 saturated heterocycles. The van der Waals surface area contributed by atoms with Crippen molar-refractivity contribution in [2.24, 2.45) is 5.41 Å². The van der Waals surface area contributed by atoms with Gasteiger partial charge in [-0.2, -0.15) is 5.10 Å². The Hall–Kier alpha value is -3.66. The summed E-state index contributed by atoms with van der Waals surface area (Å²) in [6.45, 7) is 15.5. The molecular formula is C31H40N6O4. The maximum absolute atomic E-state index is 13.9. The van der Waals surface area contributed by atoms with Crippen LogP contribution in [0.25, 0.3) is 22.0 Å². The van der Waals surface area contributed by atoms with Gasteiger partial charge in [-0.1, -0.05) is 6.92 Å². The summed E-state index contributed by atoms with van der Waals surface area (Å²) >= 11 is 0. The van der Waals surface area contributed by atoms with Crippen LogP contribution in [0.3, 0.4) is 0 Å². The van der Waals surface area contributed by atoms with Crippen LogP contribution < -0.4 is 5.32 Å². The number of rotatable bonds is 9. The number of nitrogens with one attached hydrogen (secondary N) is 1. The van der Waals surface area contributed by atoms with Gasteiger partial charge in [0.2, 0.25) is 11.8 Å². The number of Topliss-reactive ketones (excluding diaryl/α,β-unsaturated/α-hetero) is 1. The predicted octanol–water partition coefficient (Wildman–Crippen LogP) is 4.01. The zero-order valence-corrected chi connectivity index (χ0v) is 25.2. The Morgan fingerprint density at radius 1 is 1.12 bits per heavy atom. The molecule has 2 fully saturated rings. The molecule has 1 N–H and O–H groups in total. The van der Waals surface area contributed by atoms with Crippen molar-refractivity contribution >= 4 is 28.5 Å². The molecule has 0 unspecified atom stereocenters.